The van der Waals surface area contributed by atoms with Crippen LogP contribution in [0.2, 0.25) is 0 Å². The molecule has 1 aliphatic carbocycles. The SMILES string of the molecule is CN=C(NCCOCCOC)NC1CC1C.I. The van der Waals surface area contributed by atoms with Gasteiger partial charge in [0, 0.05) is 26.7 Å². The Kier molecular flexibility index (Phi) is 9.85. The smallest absolute Gasteiger partial charge is 0.191 e. The summed E-state index contributed by atoms with van der Waals surface area (Å²) in [5.74, 6) is 1.64. The topological polar surface area (TPSA) is 54.9 Å². The number of hydrogen-bond acceptors (Lipinski definition) is 3. The minimum Gasteiger partial charge on any atom is -0.382 e. The molecule has 0 bridgehead atoms. The van der Waals surface area contributed by atoms with Gasteiger partial charge in [0.1, 0.15) is 0 Å². The van der Waals surface area contributed by atoms with Gasteiger partial charge in [-0.1, -0.05) is 6.92 Å². The second-order valence-electron chi connectivity index (χ2n) is 4.07. The lowest BCUT2D eigenvalue weighted by molar-refractivity contribution is 0.0733. The van der Waals surface area contributed by atoms with E-state index in [1.54, 1.807) is 14.2 Å². The third-order valence-electron chi connectivity index (χ3n) is 2.63. The summed E-state index contributed by atoms with van der Waals surface area (Å²) >= 11 is 0. The van der Waals surface area contributed by atoms with Crippen LogP contribution in [0.3, 0.4) is 0 Å². The first-order chi connectivity index (χ1) is 7.77. The summed E-state index contributed by atoms with van der Waals surface area (Å²) < 4.78 is 10.2. The number of nitrogens with one attached hydrogen (secondary N) is 2. The first-order valence-corrected chi connectivity index (χ1v) is 5.81. The fourth-order valence-corrected chi connectivity index (χ4v) is 1.38. The van der Waals surface area contributed by atoms with Gasteiger partial charge in [0.25, 0.3) is 0 Å². The van der Waals surface area contributed by atoms with Crippen LogP contribution in [0.25, 0.3) is 0 Å². The molecule has 1 aliphatic rings. The highest BCUT2D eigenvalue weighted by atomic mass is 127. The van der Waals surface area contributed by atoms with Gasteiger partial charge in [0.05, 0.1) is 19.8 Å². The van der Waals surface area contributed by atoms with E-state index in [2.05, 4.69) is 22.5 Å². The third kappa shape index (κ3) is 7.77. The summed E-state index contributed by atoms with van der Waals surface area (Å²) in [5.41, 5.74) is 0. The van der Waals surface area contributed by atoms with Crippen LogP contribution in [0.5, 0.6) is 0 Å². The van der Waals surface area contributed by atoms with E-state index >= 15 is 0 Å². The zero-order chi connectivity index (χ0) is 11.8. The van der Waals surface area contributed by atoms with E-state index in [9.17, 15) is 0 Å². The van der Waals surface area contributed by atoms with Crippen LogP contribution in [0.15, 0.2) is 4.99 Å². The molecule has 0 amide bonds. The Morgan fingerprint density at radius 1 is 1.35 bits per heavy atom. The maximum atomic E-state index is 5.34. The number of nitrogens with zero attached hydrogens (tertiary/aromatic N) is 1. The molecule has 6 heteroatoms. The highest BCUT2D eigenvalue weighted by Crippen LogP contribution is 2.28. The highest BCUT2D eigenvalue weighted by Gasteiger charge is 2.32. The number of aliphatic imine (C=N–C) groups is 1. The summed E-state index contributed by atoms with van der Waals surface area (Å²) in [6.07, 6.45) is 1.24. The monoisotopic (exact) mass is 357 g/mol. The van der Waals surface area contributed by atoms with Gasteiger partial charge >= 0.3 is 0 Å². The fourth-order valence-electron chi connectivity index (χ4n) is 1.38. The van der Waals surface area contributed by atoms with Crippen LogP contribution in [0, 0.1) is 5.92 Å². The van der Waals surface area contributed by atoms with Crippen molar-refractivity contribution in [2.45, 2.75) is 19.4 Å². The van der Waals surface area contributed by atoms with Crippen LogP contribution in [-0.2, 0) is 9.47 Å². The molecule has 5 nitrogen and oxygen atoms in total. The largest absolute Gasteiger partial charge is 0.382 e. The van der Waals surface area contributed by atoms with Crippen molar-refractivity contribution in [3.8, 4) is 0 Å². The van der Waals surface area contributed by atoms with Crippen molar-refractivity contribution in [3.05, 3.63) is 0 Å². The van der Waals surface area contributed by atoms with Crippen molar-refractivity contribution >= 4 is 29.9 Å². The molecule has 0 aromatic rings. The number of methoxy groups -OCH3 is 1. The van der Waals surface area contributed by atoms with Gasteiger partial charge in [-0.2, -0.15) is 0 Å². The molecular weight excluding hydrogens is 333 g/mol. The molecule has 0 heterocycles. The molecule has 2 unspecified atom stereocenters. The molecule has 17 heavy (non-hydrogen) atoms. The molecule has 102 valence electrons. The molecule has 1 saturated carbocycles. The number of halogens is 1. The van der Waals surface area contributed by atoms with Crippen molar-refractivity contribution in [2.75, 3.05) is 40.5 Å². The summed E-state index contributed by atoms with van der Waals surface area (Å²) in [6.45, 7) is 4.96. The van der Waals surface area contributed by atoms with Gasteiger partial charge < -0.3 is 20.1 Å². The van der Waals surface area contributed by atoms with Gasteiger partial charge in [0.15, 0.2) is 5.96 Å². The molecule has 0 saturated heterocycles. The van der Waals surface area contributed by atoms with E-state index in [0.29, 0.717) is 25.9 Å². The van der Waals surface area contributed by atoms with E-state index in [1.807, 2.05) is 0 Å². The summed E-state index contributed by atoms with van der Waals surface area (Å²) in [6, 6.07) is 0.598. The van der Waals surface area contributed by atoms with E-state index in [1.165, 1.54) is 6.42 Å². The Morgan fingerprint density at radius 3 is 2.59 bits per heavy atom. The summed E-state index contributed by atoms with van der Waals surface area (Å²) in [5, 5.41) is 6.56. The molecule has 1 fully saturated rings. The van der Waals surface area contributed by atoms with Gasteiger partial charge in [0.2, 0.25) is 0 Å². The average Bonchev–Trinajstić information content (AvgIpc) is 2.97. The Morgan fingerprint density at radius 2 is 2.06 bits per heavy atom. The minimum atomic E-state index is 0. The van der Waals surface area contributed by atoms with Crippen LogP contribution < -0.4 is 10.6 Å². The first-order valence-electron chi connectivity index (χ1n) is 5.81. The van der Waals surface area contributed by atoms with Crippen molar-refractivity contribution < 1.29 is 9.47 Å². The number of hydrogen-bond donors (Lipinski definition) is 2. The predicted octanol–water partition coefficient (Wildman–Crippen LogP) is 0.841. The normalized spacial score (nSPS) is 22.9. The predicted molar refractivity (Wildman–Crippen MR) is 80.2 cm³/mol. The zero-order valence-electron chi connectivity index (χ0n) is 10.9. The summed E-state index contributed by atoms with van der Waals surface area (Å²) in [4.78, 5) is 4.15. The van der Waals surface area contributed by atoms with Crippen molar-refractivity contribution in [2.24, 2.45) is 10.9 Å². The molecule has 1 rings (SSSR count). The van der Waals surface area contributed by atoms with E-state index in [-0.39, 0.29) is 24.0 Å². The molecule has 2 N–H and O–H groups in total. The lowest BCUT2D eigenvalue weighted by atomic mass is 10.5. The van der Waals surface area contributed by atoms with Crippen molar-refractivity contribution in [1.29, 1.82) is 0 Å². The molecule has 2 atom stereocenters. The molecule has 0 aliphatic heterocycles. The Balaban J connectivity index is 0.00000256. The maximum Gasteiger partial charge on any atom is 0.191 e. The van der Waals surface area contributed by atoms with Gasteiger partial charge in [-0.05, 0) is 12.3 Å². The highest BCUT2D eigenvalue weighted by molar-refractivity contribution is 14.0. The van der Waals surface area contributed by atoms with Crippen molar-refractivity contribution in [3.63, 3.8) is 0 Å². The Labute approximate surface area is 121 Å². The second kappa shape index (κ2) is 9.90. The second-order valence-corrected chi connectivity index (χ2v) is 4.07. The molecule has 0 radical (unpaired) electrons. The van der Waals surface area contributed by atoms with Gasteiger partial charge in [-0.3, -0.25) is 4.99 Å². The molecular formula is C11H24IN3O2. The molecule has 0 spiro atoms. The van der Waals surface area contributed by atoms with Crippen molar-refractivity contribution in [1.82, 2.24) is 10.6 Å². The van der Waals surface area contributed by atoms with Gasteiger partial charge in [-0.15, -0.1) is 24.0 Å². The zero-order valence-corrected chi connectivity index (χ0v) is 13.2. The standard InChI is InChI=1S/C11H23N3O2.HI/c1-9-8-10(9)14-11(12-2)13-4-5-16-7-6-15-3;/h9-10H,4-8H2,1-3H3,(H2,12,13,14);1H. The first kappa shape index (κ1) is 16.9. The number of guanidine groups is 1. The van der Waals surface area contributed by atoms with Crippen LogP contribution in [-0.4, -0.2) is 52.5 Å². The van der Waals surface area contributed by atoms with E-state index in [0.717, 1.165) is 18.4 Å². The van der Waals surface area contributed by atoms with Crippen LogP contribution in [0.1, 0.15) is 13.3 Å². The Hall–Kier alpha value is -0.0800. The maximum absolute atomic E-state index is 5.34. The van der Waals surface area contributed by atoms with Gasteiger partial charge in [-0.25, -0.2) is 0 Å². The van der Waals surface area contributed by atoms with Crippen LogP contribution >= 0.6 is 24.0 Å². The molecule has 0 aromatic heterocycles. The van der Waals surface area contributed by atoms with E-state index < -0.39 is 0 Å². The quantitative estimate of drug-likeness (QED) is 0.307. The van der Waals surface area contributed by atoms with E-state index in [4.69, 9.17) is 9.47 Å². The Bertz CT molecular complexity index is 227. The molecule has 0 aromatic carbocycles. The lowest BCUT2D eigenvalue weighted by Crippen LogP contribution is -2.40. The summed E-state index contributed by atoms with van der Waals surface area (Å²) in [7, 11) is 3.46. The minimum absolute atomic E-state index is 0. The number of rotatable bonds is 7. The average molecular weight is 357 g/mol. The third-order valence-corrected chi connectivity index (χ3v) is 2.63. The lowest BCUT2D eigenvalue weighted by Gasteiger charge is -2.11. The number of ether oxygens (including phenoxy) is 2. The van der Waals surface area contributed by atoms with Crippen LogP contribution in [0.4, 0.5) is 0 Å². The fraction of sp³-hybridized carbons (Fsp3) is 0.909.